The Morgan fingerprint density at radius 3 is 2.55 bits per heavy atom. The summed E-state index contributed by atoms with van der Waals surface area (Å²) in [4.78, 5) is 0.00324. The number of nitrogen functional groups attached to an aromatic ring is 1. The topological polar surface area (TPSA) is 97.5 Å². The van der Waals surface area contributed by atoms with E-state index < -0.39 is 25.9 Å². The van der Waals surface area contributed by atoms with Crippen molar-refractivity contribution in [2.24, 2.45) is 0 Å². The van der Waals surface area contributed by atoms with Gasteiger partial charge in [-0.2, -0.15) is 4.31 Å². The normalized spacial score (nSPS) is 22.2. The Labute approximate surface area is 123 Å². The minimum atomic E-state index is -3.78. The molecule has 1 aromatic rings. The lowest BCUT2D eigenvalue weighted by Crippen LogP contribution is -2.37. The van der Waals surface area contributed by atoms with E-state index in [1.165, 1.54) is 25.2 Å². The third kappa shape index (κ3) is 2.93. The van der Waals surface area contributed by atoms with E-state index >= 15 is 0 Å². The van der Waals surface area contributed by atoms with Crippen LogP contribution in [0.15, 0.2) is 23.1 Å². The molecule has 1 unspecified atom stereocenters. The molecule has 0 saturated carbocycles. The Kier molecular flexibility index (Phi) is 4.03. The van der Waals surface area contributed by atoms with E-state index in [0.717, 1.165) is 4.31 Å². The number of sulfonamides is 1. The molecule has 0 spiro atoms. The van der Waals surface area contributed by atoms with E-state index in [-0.39, 0.29) is 27.1 Å². The second-order valence-corrected chi connectivity index (χ2v) is 9.39. The van der Waals surface area contributed by atoms with Crippen LogP contribution in [0.4, 0.5) is 5.69 Å². The molecule has 2 rings (SSSR count). The van der Waals surface area contributed by atoms with Crippen molar-refractivity contribution in [3.8, 4) is 0 Å². The maximum Gasteiger partial charge on any atom is 0.243 e. The SMILES string of the molecule is CN(C1CCS(=O)(=O)C1)S(=O)(=O)c1ccc(N)c(Cl)c1. The molecule has 1 atom stereocenters. The van der Waals surface area contributed by atoms with E-state index in [4.69, 9.17) is 17.3 Å². The second kappa shape index (κ2) is 5.18. The zero-order valence-corrected chi connectivity index (χ0v) is 13.2. The Morgan fingerprint density at radius 2 is 2.05 bits per heavy atom. The summed E-state index contributed by atoms with van der Waals surface area (Å²) in [5.74, 6) is -0.133. The van der Waals surface area contributed by atoms with Crippen molar-refractivity contribution in [3.63, 3.8) is 0 Å². The smallest absolute Gasteiger partial charge is 0.243 e. The van der Waals surface area contributed by atoms with Gasteiger partial charge in [0.05, 0.1) is 27.1 Å². The van der Waals surface area contributed by atoms with Crippen molar-refractivity contribution in [1.82, 2.24) is 4.31 Å². The van der Waals surface area contributed by atoms with E-state index in [1.54, 1.807) is 0 Å². The summed E-state index contributed by atoms with van der Waals surface area (Å²) in [6.45, 7) is 0. The number of hydrogen-bond acceptors (Lipinski definition) is 5. The maximum absolute atomic E-state index is 12.4. The van der Waals surface area contributed by atoms with Crippen LogP contribution in [0.1, 0.15) is 6.42 Å². The third-order valence-electron chi connectivity index (χ3n) is 3.37. The summed E-state index contributed by atoms with van der Waals surface area (Å²) in [6, 6.07) is 3.50. The monoisotopic (exact) mass is 338 g/mol. The molecule has 1 heterocycles. The fraction of sp³-hybridized carbons (Fsp3) is 0.455. The van der Waals surface area contributed by atoms with Crippen molar-refractivity contribution in [3.05, 3.63) is 23.2 Å². The summed E-state index contributed by atoms with van der Waals surface area (Å²) in [6.07, 6.45) is 0.306. The summed E-state index contributed by atoms with van der Waals surface area (Å²) >= 11 is 5.83. The molecule has 9 heteroatoms. The number of hydrogen-bond donors (Lipinski definition) is 1. The Balaban J connectivity index is 2.32. The number of anilines is 1. The number of nitrogens with two attached hydrogens (primary N) is 1. The number of nitrogens with zero attached hydrogens (tertiary/aromatic N) is 1. The lowest BCUT2D eigenvalue weighted by molar-refractivity contribution is 0.394. The van der Waals surface area contributed by atoms with Crippen LogP contribution in [0.5, 0.6) is 0 Å². The summed E-state index contributed by atoms with van der Waals surface area (Å²) in [5.41, 5.74) is 5.83. The van der Waals surface area contributed by atoms with Crippen molar-refractivity contribution >= 4 is 37.1 Å². The Bertz CT molecular complexity index is 731. The van der Waals surface area contributed by atoms with Gasteiger partial charge in [-0.05, 0) is 24.6 Å². The van der Waals surface area contributed by atoms with Gasteiger partial charge in [-0.15, -0.1) is 0 Å². The molecule has 1 aromatic carbocycles. The summed E-state index contributed by atoms with van der Waals surface area (Å²) in [7, 11) is -5.55. The van der Waals surface area contributed by atoms with Gasteiger partial charge in [-0.25, -0.2) is 16.8 Å². The van der Waals surface area contributed by atoms with Crippen molar-refractivity contribution in [2.45, 2.75) is 17.4 Å². The van der Waals surface area contributed by atoms with Gasteiger partial charge in [-0.3, -0.25) is 0 Å². The fourth-order valence-corrected chi connectivity index (χ4v) is 5.62. The van der Waals surface area contributed by atoms with Crippen LogP contribution in [-0.4, -0.2) is 45.7 Å². The molecule has 0 aliphatic carbocycles. The van der Waals surface area contributed by atoms with E-state index in [1.807, 2.05) is 0 Å². The molecular weight excluding hydrogens is 324 g/mol. The van der Waals surface area contributed by atoms with Gasteiger partial charge in [0.2, 0.25) is 10.0 Å². The highest BCUT2D eigenvalue weighted by Gasteiger charge is 2.36. The lowest BCUT2D eigenvalue weighted by Gasteiger charge is -2.23. The van der Waals surface area contributed by atoms with Gasteiger partial charge in [0.25, 0.3) is 0 Å². The molecule has 1 aliphatic heterocycles. The van der Waals surface area contributed by atoms with Gasteiger partial charge in [0.1, 0.15) is 0 Å². The molecule has 6 nitrogen and oxygen atoms in total. The minimum absolute atomic E-state index is 0.00324. The predicted molar refractivity (Wildman–Crippen MR) is 77.9 cm³/mol. The first kappa shape index (κ1) is 15.6. The van der Waals surface area contributed by atoms with E-state index in [2.05, 4.69) is 0 Å². The first-order valence-corrected chi connectivity index (χ1v) is 9.51. The summed E-state index contributed by atoms with van der Waals surface area (Å²) < 4.78 is 48.8. The van der Waals surface area contributed by atoms with Crippen molar-refractivity contribution in [1.29, 1.82) is 0 Å². The van der Waals surface area contributed by atoms with Crippen LogP contribution in [0, 0.1) is 0 Å². The molecule has 1 saturated heterocycles. The largest absolute Gasteiger partial charge is 0.398 e. The van der Waals surface area contributed by atoms with Gasteiger partial charge in [0.15, 0.2) is 9.84 Å². The standard InChI is InChI=1S/C11H15ClN2O4S2/c1-14(8-4-5-19(15,16)7-8)20(17,18)9-2-3-11(13)10(12)6-9/h2-3,6,8H,4-5,7,13H2,1H3. The molecule has 1 aliphatic rings. The molecular formula is C11H15ClN2O4S2. The van der Waals surface area contributed by atoms with Crippen molar-refractivity contribution in [2.75, 3.05) is 24.3 Å². The first-order valence-electron chi connectivity index (χ1n) is 5.87. The highest BCUT2D eigenvalue weighted by atomic mass is 35.5. The van der Waals surface area contributed by atoms with Crippen LogP contribution < -0.4 is 5.73 Å². The molecule has 0 amide bonds. The highest BCUT2D eigenvalue weighted by molar-refractivity contribution is 7.92. The van der Waals surface area contributed by atoms with Crippen LogP contribution in [0.3, 0.4) is 0 Å². The molecule has 2 N–H and O–H groups in total. The van der Waals surface area contributed by atoms with Crippen LogP contribution in [0.25, 0.3) is 0 Å². The van der Waals surface area contributed by atoms with Gasteiger partial charge >= 0.3 is 0 Å². The molecule has 112 valence electrons. The number of halogens is 1. The van der Waals surface area contributed by atoms with E-state index in [9.17, 15) is 16.8 Å². The van der Waals surface area contributed by atoms with E-state index in [0.29, 0.717) is 6.42 Å². The summed E-state index contributed by atoms with van der Waals surface area (Å²) in [5, 5.41) is 0.151. The second-order valence-electron chi connectivity index (χ2n) is 4.76. The zero-order valence-electron chi connectivity index (χ0n) is 10.8. The predicted octanol–water partition coefficient (Wildman–Crippen LogP) is 0.730. The van der Waals surface area contributed by atoms with Crippen molar-refractivity contribution < 1.29 is 16.8 Å². The minimum Gasteiger partial charge on any atom is -0.398 e. The molecule has 20 heavy (non-hydrogen) atoms. The maximum atomic E-state index is 12.4. The van der Waals surface area contributed by atoms with Crippen LogP contribution >= 0.6 is 11.6 Å². The third-order valence-corrected chi connectivity index (χ3v) is 7.36. The average Bonchev–Trinajstić information content (AvgIpc) is 2.72. The van der Waals surface area contributed by atoms with Gasteiger partial charge in [-0.1, -0.05) is 11.6 Å². The lowest BCUT2D eigenvalue weighted by atomic mass is 10.3. The van der Waals surface area contributed by atoms with Gasteiger partial charge < -0.3 is 5.73 Å². The molecule has 1 fully saturated rings. The Hall–Kier alpha value is -0.830. The number of benzene rings is 1. The fourth-order valence-electron chi connectivity index (χ4n) is 2.09. The Morgan fingerprint density at radius 1 is 1.40 bits per heavy atom. The van der Waals surface area contributed by atoms with Crippen LogP contribution in [0.2, 0.25) is 5.02 Å². The number of sulfone groups is 1. The quantitative estimate of drug-likeness (QED) is 0.819. The molecule has 0 aromatic heterocycles. The zero-order chi connectivity index (χ0) is 15.1. The molecule has 0 bridgehead atoms. The van der Waals surface area contributed by atoms with Crippen LogP contribution in [-0.2, 0) is 19.9 Å². The molecule has 0 radical (unpaired) electrons. The number of rotatable bonds is 3. The highest BCUT2D eigenvalue weighted by Crippen LogP contribution is 2.27. The average molecular weight is 339 g/mol. The first-order chi connectivity index (χ1) is 9.13. The van der Waals surface area contributed by atoms with Gasteiger partial charge in [0, 0.05) is 13.1 Å².